The molecule has 1 aliphatic heterocycles. The van der Waals surface area contributed by atoms with Gasteiger partial charge in [0, 0.05) is 43.7 Å². The Bertz CT molecular complexity index is 421. The molecule has 2 heterocycles. The molecular weight excluding hydrogens is 260 g/mol. The van der Waals surface area contributed by atoms with Gasteiger partial charge in [0.05, 0.1) is 0 Å². The third kappa shape index (κ3) is 4.16. The molecule has 0 bridgehead atoms. The van der Waals surface area contributed by atoms with E-state index in [1.807, 2.05) is 25.6 Å². The third-order valence-electron chi connectivity index (χ3n) is 3.40. The maximum atomic E-state index is 11.7. The second-order valence-corrected chi connectivity index (χ2v) is 6.02. The van der Waals surface area contributed by atoms with E-state index in [4.69, 9.17) is 0 Å². The van der Waals surface area contributed by atoms with Crippen molar-refractivity contribution in [1.29, 1.82) is 0 Å². The number of amides is 2. The van der Waals surface area contributed by atoms with Gasteiger partial charge in [0.2, 0.25) is 0 Å². The van der Waals surface area contributed by atoms with Gasteiger partial charge in [-0.3, -0.25) is 0 Å². The third-order valence-corrected chi connectivity index (χ3v) is 4.23. The van der Waals surface area contributed by atoms with Crippen molar-refractivity contribution in [2.75, 3.05) is 18.6 Å². The lowest BCUT2D eigenvalue weighted by atomic mass is 9.98. The molecule has 5 nitrogen and oxygen atoms in total. The Hall–Kier alpha value is -1.17. The minimum absolute atomic E-state index is 0.0598. The van der Waals surface area contributed by atoms with E-state index in [1.165, 1.54) is 0 Å². The van der Waals surface area contributed by atoms with E-state index in [2.05, 4.69) is 20.2 Å². The monoisotopic (exact) mass is 282 g/mol. The van der Waals surface area contributed by atoms with Crippen molar-refractivity contribution in [3.8, 4) is 0 Å². The molecule has 0 saturated heterocycles. The summed E-state index contributed by atoms with van der Waals surface area (Å²) in [6.07, 6.45) is 7.97. The number of carbonyl (C=O) groups excluding carboxylic acids is 1. The predicted molar refractivity (Wildman–Crippen MR) is 78.4 cm³/mol. The molecule has 0 fully saturated rings. The minimum atomic E-state index is -0.0598. The summed E-state index contributed by atoms with van der Waals surface area (Å²) in [4.78, 5) is 16.1. The number of nitrogens with zero attached hydrogens (tertiary/aromatic N) is 2. The van der Waals surface area contributed by atoms with Gasteiger partial charge in [-0.15, -0.1) is 0 Å². The van der Waals surface area contributed by atoms with Gasteiger partial charge in [0.1, 0.15) is 5.82 Å². The number of hydrogen-bond donors (Lipinski definition) is 2. The van der Waals surface area contributed by atoms with Crippen molar-refractivity contribution >= 4 is 17.8 Å². The summed E-state index contributed by atoms with van der Waals surface area (Å²) in [5.41, 5.74) is 0. The first-order valence-electron chi connectivity index (χ1n) is 6.72. The summed E-state index contributed by atoms with van der Waals surface area (Å²) < 4.78 is 2.19. The number of thioether (sulfide) groups is 1. The van der Waals surface area contributed by atoms with Gasteiger partial charge in [-0.05, 0) is 25.5 Å². The van der Waals surface area contributed by atoms with Gasteiger partial charge in [0.15, 0.2) is 0 Å². The number of nitrogens with one attached hydrogen (secondary N) is 2. The second kappa shape index (κ2) is 6.84. The number of urea groups is 1. The van der Waals surface area contributed by atoms with Crippen LogP contribution in [-0.2, 0) is 13.0 Å². The van der Waals surface area contributed by atoms with Crippen LogP contribution in [0.5, 0.6) is 0 Å². The molecule has 2 amide bonds. The van der Waals surface area contributed by atoms with E-state index in [0.717, 1.165) is 37.5 Å². The van der Waals surface area contributed by atoms with E-state index >= 15 is 0 Å². The largest absolute Gasteiger partial charge is 0.338 e. The molecule has 1 aromatic rings. The average molecular weight is 282 g/mol. The molecule has 2 rings (SSSR count). The lowest BCUT2D eigenvalue weighted by Crippen LogP contribution is -2.44. The molecule has 6 heteroatoms. The van der Waals surface area contributed by atoms with Crippen molar-refractivity contribution in [3.05, 3.63) is 18.2 Å². The molecular formula is C13H22N4OS. The Morgan fingerprint density at radius 1 is 1.68 bits per heavy atom. The second-order valence-electron chi connectivity index (χ2n) is 5.11. The van der Waals surface area contributed by atoms with Crippen LogP contribution < -0.4 is 10.6 Å². The van der Waals surface area contributed by atoms with Crippen molar-refractivity contribution in [3.63, 3.8) is 0 Å². The Labute approximate surface area is 118 Å². The van der Waals surface area contributed by atoms with Gasteiger partial charge in [-0.1, -0.05) is 0 Å². The molecule has 1 aliphatic rings. The van der Waals surface area contributed by atoms with Crippen LogP contribution in [0.1, 0.15) is 19.2 Å². The Kier molecular flexibility index (Phi) is 5.13. The maximum absolute atomic E-state index is 11.7. The zero-order chi connectivity index (χ0) is 13.7. The number of hydrogen-bond acceptors (Lipinski definition) is 3. The summed E-state index contributed by atoms with van der Waals surface area (Å²) >= 11 is 1.74. The molecule has 0 saturated carbocycles. The molecule has 0 aromatic carbocycles. The van der Waals surface area contributed by atoms with Crippen molar-refractivity contribution in [2.24, 2.45) is 5.92 Å². The Morgan fingerprint density at radius 2 is 2.53 bits per heavy atom. The highest BCUT2D eigenvalue weighted by atomic mass is 32.2. The summed E-state index contributed by atoms with van der Waals surface area (Å²) in [5, 5.41) is 5.91. The lowest BCUT2D eigenvalue weighted by Gasteiger charge is -2.24. The van der Waals surface area contributed by atoms with E-state index < -0.39 is 0 Å². The summed E-state index contributed by atoms with van der Waals surface area (Å²) in [6.45, 7) is 3.75. The van der Waals surface area contributed by atoms with Crippen LogP contribution in [0.3, 0.4) is 0 Å². The average Bonchev–Trinajstić information content (AvgIpc) is 2.83. The first-order chi connectivity index (χ1) is 9.19. The highest BCUT2D eigenvalue weighted by molar-refractivity contribution is 7.98. The van der Waals surface area contributed by atoms with E-state index in [9.17, 15) is 4.79 Å². The number of carbonyl (C=O) groups is 1. The van der Waals surface area contributed by atoms with Gasteiger partial charge in [-0.25, -0.2) is 9.78 Å². The Morgan fingerprint density at radius 3 is 3.32 bits per heavy atom. The van der Waals surface area contributed by atoms with E-state index in [1.54, 1.807) is 11.8 Å². The fraction of sp³-hybridized carbons (Fsp3) is 0.692. The lowest BCUT2D eigenvalue weighted by molar-refractivity contribution is 0.235. The van der Waals surface area contributed by atoms with Crippen LogP contribution >= 0.6 is 11.8 Å². The van der Waals surface area contributed by atoms with Crippen LogP contribution in [0.4, 0.5) is 4.79 Å². The quantitative estimate of drug-likeness (QED) is 0.860. The molecule has 19 heavy (non-hydrogen) atoms. The van der Waals surface area contributed by atoms with E-state index in [0.29, 0.717) is 5.92 Å². The van der Waals surface area contributed by atoms with Gasteiger partial charge in [0.25, 0.3) is 0 Å². The number of fused-ring (bicyclic) bond motifs is 1. The zero-order valence-corrected chi connectivity index (χ0v) is 12.4. The highest BCUT2D eigenvalue weighted by Crippen LogP contribution is 2.18. The fourth-order valence-corrected chi connectivity index (χ4v) is 2.98. The standard InChI is InChI=1S/C13H22N4OS/c1-10(9-19-2)16-13(18)15-8-11-3-5-17-6-4-14-12(17)7-11/h4,6,10-11H,3,5,7-9H2,1-2H3,(H2,15,16,18)/t10-,11+/m1/s1. The van der Waals surface area contributed by atoms with Crippen molar-refractivity contribution < 1.29 is 4.79 Å². The first kappa shape index (κ1) is 14.2. The van der Waals surface area contributed by atoms with Crippen LogP contribution in [0, 0.1) is 5.92 Å². The van der Waals surface area contributed by atoms with Crippen LogP contribution in [0.2, 0.25) is 0 Å². The zero-order valence-electron chi connectivity index (χ0n) is 11.6. The smallest absolute Gasteiger partial charge is 0.315 e. The molecule has 0 aliphatic carbocycles. The topological polar surface area (TPSA) is 59.0 Å². The molecule has 2 atom stereocenters. The number of aromatic nitrogens is 2. The minimum Gasteiger partial charge on any atom is -0.338 e. The fourth-order valence-electron chi connectivity index (χ4n) is 2.39. The first-order valence-corrected chi connectivity index (χ1v) is 8.11. The number of rotatable bonds is 5. The van der Waals surface area contributed by atoms with Gasteiger partial charge < -0.3 is 15.2 Å². The molecule has 0 radical (unpaired) electrons. The molecule has 2 N–H and O–H groups in total. The van der Waals surface area contributed by atoms with Crippen LogP contribution in [-0.4, -0.2) is 40.2 Å². The molecule has 0 spiro atoms. The normalized spacial score (nSPS) is 19.6. The predicted octanol–water partition coefficient (Wildman–Crippen LogP) is 1.50. The number of aryl methyl sites for hydroxylation is 1. The summed E-state index contributed by atoms with van der Waals surface area (Å²) in [7, 11) is 0. The highest BCUT2D eigenvalue weighted by Gasteiger charge is 2.19. The summed E-state index contributed by atoms with van der Waals surface area (Å²) in [6, 6.07) is 0.149. The van der Waals surface area contributed by atoms with Crippen LogP contribution in [0.25, 0.3) is 0 Å². The van der Waals surface area contributed by atoms with Gasteiger partial charge >= 0.3 is 6.03 Å². The van der Waals surface area contributed by atoms with Crippen molar-refractivity contribution in [2.45, 2.75) is 32.4 Å². The molecule has 106 valence electrons. The maximum Gasteiger partial charge on any atom is 0.315 e. The van der Waals surface area contributed by atoms with E-state index in [-0.39, 0.29) is 12.1 Å². The Balaban J connectivity index is 1.70. The van der Waals surface area contributed by atoms with Crippen LogP contribution in [0.15, 0.2) is 12.4 Å². The van der Waals surface area contributed by atoms with Gasteiger partial charge in [-0.2, -0.15) is 11.8 Å². The SMILES string of the molecule is CSC[C@@H](C)NC(=O)NC[C@H]1CCn2ccnc2C1. The molecule has 0 unspecified atom stereocenters. The number of imidazole rings is 1. The van der Waals surface area contributed by atoms with Crippen molar-refractivity contribution in [1.82, 2.24) is 20.2 Å². The molecule has 1 aromatic heterocycles. The summed E-state index contributed by atoms with van der Waals surface area (Å²) in [5.74, 6) is 2.57.